The number of hydrogen-bond acceptors (Lipinski definition) is 4. The Kier molecular flexibility index (Phi) is 4.66. The number of hydrogen-bond donors (Lipinski definition) is 1. The first kappa shape index (κ1) is 15.2. The van der Waals surface area contributed by atoms with Gasteiger partial charge in [0.2, 0.25) is 5.91 Å². The Balaban J connectivity index is 3.14. The molecule has 7 heteroatoms. The third-order valence-electron chi connectivity index (χ3n) is 2.51. The van der Waals surface area contributed by atoms with Crippen LogP contribution in [0.5, 0.6) is 0 Å². The lowest BCUT2D eigenvalue weighted by Crippen LogP contribution is -2.33. The van der Waals surface area contributed by atoms with Gasteiger partial charge in [0.05, 0.1) is 0 Å². The SMILES string of the molecule is CN(C)C(=O)CS(=O)(=O)C(C(=O)O)c1ccccc1. The second-order valence-corrected chi connectivity index (χ2v) is 6.31. The van der Waals surface area contributed by atoms with Gasteiger partial charge in [0.1, 0.15) is 5.75 Å². The Hall–Kier alpha value is -1.89. The van der Waals surface area contributed by atoms with Gasteiger partial charge >= 0.3 is 5.97 Å². The highest BCUT2D eigenvalue weighted by atomic mass is 32.2. The predicted octanol–water partition coefficient (Wildman–Crippen LogP) is 0.315. The molecule has 1 unspecified atom stereocenters. The zero-order chi connectivity index (χ0) is 14.6. The van der Waals surface area contributed by atoms with Gasteiger partial charge in [0.25, 0.3) is 0 Å². The third-order valence-corrected chi connectivity index (χ3v) is 4.35. The molecule has 0 aromatic heterocycles. The second-order valence-electron chi connectivity index (χ2n) is 4.22. The lowest BCUT2D eigenvalue weighted by atomic mass is 10.1. The van der Waals surface area contributed by atoms with Crippen molar-refractivity contribution in [3.05, 3.63) is 35.9 Å². The molecule has 1 aromatic carbocycles. The van der Waals surface area contributed by atoms with Crippen molar-refractivity contribution in [3.63, 3.8) is 0 Å². The van der Waals surface area contributed by atoms with E-state index in [1.807, 2.05) is 0 Å². The lowest BCUT2D eigenvalue weighted by Gasteiger charge is -2.15. The Morgan fingerprint density at radius 1 is 1.21 bits per heavy atom. The summed E-state index contributed by atoms with van der Waals surface area (Å²) in [5, 5.41) is 7.39. The number of carbonyl (C=O) groups excluding carboxylic acids is 1. The van der Waals surface area contributed by atoms with Crippen molar-refractivity contribution in [2.24, 2.45) is 0 Å². The summed E-state index contributed by atoms with van der Waals surface area (Å²) >= 11 is 0. The first-order chi connectivity index (χ1) is 8.75. The molecule has 0 spiro atoms. The van der Waals surface area contributed by atoms with Crippen LogP contribution in [0.1, 0.15) is 10.8 Å². The van der Waals surface area contributed by atoms with Crippen molar-refractivity contribution >= 4 is 21.7 Å². The van der Waals surface area contributed by atoms with Crippen LogP contribution in [0.15, 0.2) is 30.3 Å². The quantitative estimate of drug-likeness (QED) is 0.841. The van der Waals surface area contributed by atoms with E-state index in [2.05, 4.69) is 0 Å². The van der Waals surface area contributed by atoms with Crippen molar-refractivity contribution in [2.45, 2.75) is 5.25 Å². The molecule has 1 aromatic rings. The van der Waals surface area contributed by atoms with Gasteiger partial charge in [-0.2, -0.15) is 0 Å². The van der Waals surface area contributed by atoms with Crippen molar-refractivity contribution < 1.29 is 23.1 Å². The van der Waals surface area contributed by atoms with Crippen molar-refractivity contribution in [3.8, 4) is 0 Å². The molecule has 1 N–H and O–H groups in total. The van der Waals surface area contributed by atoms with Gasteiger partial charge in [0, 0.05) is 14.1 Å². The van der Waals surface area contributed by atoms with E-state index >= 15 is 0 Å². The first-order valence-corrected chi connectivity index (χ1v) is 7.16. The highest BCUT2D eigenvalue weighted by molar-refractivity contribution is 7.93. The summed E-state index contributed by atoms with van der Waals surface area (Å²) in [6, 6.07) is 7.58. The summed E-state index contributed by atoms with van der Waals surface area (Å²) in [6.07, 6.45) is 0. The molecule has 0 heterocycles. The molecule has 0 aliphatic rings. The van der Waals surface area contributed by atoms with Gasteiger partial charge in [0.15, 0.2) is 15.1 Å². The van der Waals surface area contributed by atoms with Crippen molar-refractivity contribution in [1.82, 2.24) is 4.90 Å². The minimum Gasteiger partial charge on any atom is -0.480 e. The predicted molar refractivity (Wildman–Crippen MR) is 69.3 cm³/mol. The molecule has 19 heavy (non-hydrogen) atoms. The fourth-order valence-corrected chi connectivity index (χ4v) is 3.16. The van der Waals surface area contributed by atoms with Gasteiger partial charge in [-0.25, -0.2) is 8.42 Å². The highest BCUT2D eigenvalue weighted by Crippen LogP contribution is 2.23. The van der Waals surface area contributed by atoms with Gasteiger partial charge in [-0.05, 0) is 5.56 Å². The maximum Gasteiger partial charge on any atom is 0.326 e. The van der Waals surface area contributed by atoms with Gasteiger partial charge in [-0.3, -0.25) is 9.59 Å². The molecule has 0 bridgehead atoms. The molecule has 0 aliphatic carbocycles. The summed E-state index contributed by atoms with van der Waals surface area (Å²) in [4.78, 5) is 23.8. The topological polar surface area (TPSA) is 91.8 Å². The zero-order valence-electron chi connectivity index (χ0n) is 10.6. The molecule has 104 valence electrons. The Morgan fingerprint density at radius 2 is 1.74 bits per heavy atom. The Labute approximate surface area is 111 Å². The van der Waals surface area contributed by atoms with Gasteiger partial charge in [-0.15, -0.1) is 0 Å². The van der Waals surface area contributed by atoms with Gasteiger partial charge in [-0.1, -0.05) is 30.3 Å². The fraction of sp³-hybridized carbons (Fsp3) is 0.333. The Bertz CT molecular complexity index is 565. The summed E-state index contributed by atoms with van der Waals surface area (Å²) < 4.78 is 24.1. The van der Waals surface area contributed by atoms with Crippen LogP contribution in [0.4, 0.5) is 0 Å². The lowest BCUT2D eigenvalue weighted by molar-refractivity contribution is -0.136. The van der Waals surface area contributed by atoms with Crippen LogP contribution in [-0.4, -0.2) is 50.1 Å². The third kappa shape index (κ3) is 3.78. The van der Waals surface area contributed by atoms with Crippen LogP contribution in [0.3, 0.4) is 0 Å². The monoisotopic (exact) mass is 285 g/mol. The number of aliphatic carboxylic acids is 1. The molecule has 0 saturated carbocycles. The maximum absolute atomic E-state index is 12.1. The summed E-state index contributed by atoms with van der Waals surface area (Å²) in [5.41, 5.74) is 0.140. The number of amides is 1. The molecule has 1 rings (SSSR count). The maximum atomic E-state index is 12.1. The number of rotatable bonds is 5. The van der Waals surface area contributed by atoms with Crippen LogP contribution in [0.2, 0.25) is 0 Å². The molecule has 0 aliphatic heterocycles. The van der Waals surface area contributed by atoms with Crippen molar-refractivity contribution in [2.75, 3.05) is 19.8 Å². The largest absolute Gasteiger partial charge is 0.480 e. The fourth-order valence-electron chi connectivity index (χ4n) is 1.52. The van der Waals surface area contributed by atoms with Crippen LogP contribution >= 0.6 is 0 Å². The van der Waals surface area contributed by atoms with Crippen LogP contribution in [0, 0.1) is 0 Å². The average Bonchev–Trinajstić information content (AvgIpc) is 2.28. The Morgan fingerprint density at radius 3 is 2.16 bits per heavy atom. The average molecular weight is 285 g/mol. The summed E-state index contributed by atoms with van der Waals surface area (Å²) in [6.45, 7) is 0. The normalized spacial score (nSPS) is 12.7. The highest BCUT2D eigenvalue weighted by Gasteiger charge is 2.35. The number of carboxylic acids is 1. The minimum atomic E-state index is -4.11. The van der Waals surface area contributed by atoms with E-state index in [4.69, 9.17) is 5.11 Å². The second kappa shape index (κ2) is 5.83. The minimum absolute atomic E-state index is 0.140. The molecule has 1 atom stereocenters. The summed E-state index contributed by atoms with van der Waals surface area (Å²) in [7, 11) is -1.28. The molecule has 0 saturated heterocycles. The van der Waals surface area contributed by atoms with Gasteiger partial charge < -0.3 is 10.0 Å². The first-order valence-electron chi connectivity index (χ1n) is 5.45. The number of carboxylic acid groups (broad SMARTS) is 1. The number of carbonyl (C=O) groups is 2. The van der Waals surface area contributed by atoms with Crippen LogP contribution < -0.4 is 0 Å². The standard InChI is InChI=1S/C12H15NO5S/c1-13(2)10(14)8-19(17,18)11(12(15)16)9-6-4-3-5-7-9/h3-7,11H,8H2,1-2H3,(H,15,16). The van der Waals surface area contributed by atoms with E-state index in [1.165, 1.54) is 26.2 Å². The van der Waals surface area contributed by atoms with Crippen LogP contribution in [0.25, 0.3) is 0 Å². The molecule has 6 nitrogen and oxygen atoms in total. The van der Waals surface area contributed by atoms with E-state index in [0.29, 0.717) is 0 Å². The van der Waals surface area contributed by atoms with E-state index in [1.54, 1.807) is 18.2 Å². The van der Waals surface area contributed by atoms with E-state index in [9.17, 15) is 18.0 Å². The van der Waals surface area contributed by atoms with E-state index in [0.717, 1.165) is 4.90 Å². The number of nitrogens with zero attached hydrogens (tertiary/aromatic N) is 1. The molecule has 0 radical (unpaired) electrons. The number of sulfone groups is 1. The molecule has 1 amide bonds. The number of benzene rings is 1. The molecular weight excluding hydrogens is 270 g/mol. The zero-order valence-corrected chi connectivity index (χ0v) is 11.4. The van der Waals surface area contributed by atoms with Crippen molar-refractivity contribution in [1.29, 1.82) is 0 Å². The molecule has 0 fully saturated rings. The van der Waals surface area contributed by atoms with E-state index in [-0.39, 0.29) is 5.56 Å². The smallest absolute Gasteiger partial charge is 0.326 e. The molecular formula is C12H15NO5S. The van der Waals surface area contributed by atoms with Crippen LogP contribution in [-0.2, 0) is 19.4 Å². The van der Waals surface area contributed by atoms with E-state index < -0.39 is 32.7 Å². The summed E-state index contributed by atoms with van der Waals surface area (Å²) in [5.74, 6) is -2.97.